The summed E-state index contributed by atoms with van der Waals surface area (Å²) in [6.07, 6.45) is 6.84. The highest BCUT2D eigenvalue weighted by molar-refractivity contribution is 7.91. The molecular weight excluding hydrogens is 560 g/mol. The van der Waals surface area contributed by atoms with Crippen molar-refractivity contribution >= 4 is 33.2 Å². The summed E-state index contributed by atoms with van der Waals surface area (Å²) in [7, 11) is -1.77. The first-order valence-corrected chi connectivity index (χ1v) is 16.9. The van der Waals surface area contributed by atoms with E-state index in [-0.39, 0.29) is 22.6 Å². The molecule has 1 heterocycles. The molecule has 6 N–H and O–H groups in total. The Morgan fingerprint density at radius 3 is 2.20 bits per heavy atom. The van der Waals surface area contributed by atoms with Crippen LogP contribution in [0.15, 0.2) is 46.7 Å². The first kappa shape index (κ1) is 34.8. The van der Waals surface area contributed by atoms with Gasteiger partial charge in [-0.2, -0.15) is 0 Å². The van der Waals surface area contributed by atoms with Crippen LogP contribution in [0.3, 0.4) is 0 Å². The molecule has 0 aliphatic carbocycles. The molecule has 41 heavy (non-hydrogen) atoms. The number of hydrogen-bond acceptors (Lipinski definition) is 8. The fourth-order valence-electron chi connectivity index (χ4n) is 4.05. The van der Waals surface area contributed by atoms with Gasteiger partial charge in [0.15, 0.2) is 0 Å². The average Bonchev–Trinajstić information content (AvgIpc) is 3.47. The van der Waals surface area contributed by atoms with Crippen LogP contribution in [-0.2, 0) is 21.4 Å². The number of sulfonamides is 1. The molecule has 0 spiro atoms. The van der Waals surface area contributed by atoms with Crippen LogP contribution in [-0.4, -0.2) is 78.0 Å². The third-order valence-electron chi connectivity index (χ3n) is 6.51. The molecule has 10 nitrogen and oxygen atoms in total. The van der Waals surface area contributed by atoms with E-state index in [0.29, 0.717) is 24.9 Å². The molecule has 2 rings (SSSR count). The van der Waals surface area contributed by atoms with Crippen LogP contribution in [0.25, 0.3) is 0 Å². The lowest BCUT2D eigenvalue weighted by atomic mass is 10.2. The maximum absolute atomic E-state index is 12.6. The van der Waals surface area contributed by atoms with E-state index in [0.717, 1.165) is 94.0 Å². The predicted molar refractivity (Wildman–Crippen MR) is 166 cm³/mol. The number of unbranched alkanes of at least 4 members (excludes halogenated alkanes) is 3. The number of carbonyl (C=O) groups is 2. The van der Waals surface area contributed by atoms with E-state index in [2.05, 4.69) is 20.7 Å². The Labute approximate surface area is 249 Å². The highest BCUT2D eigenvalue weighted by Crippen LogP contribution is 2.21. The second kappa shape index (κ2) is 20.5. The molecule has 0 bridgehead atoms. The molecule has 0 radical (unpaired) electrons. The topological polar surface area (TPSA) is 146 Å². The summed E-state index contributed by atoms with van der Waals surface area (Å²) in [6, 6.07) is 12.2. The molecule has 1 aromatic heterocycles. The standard InChI is InChI=1S/C29H48N6O4S2/c1-35(23-11-21-32-19-9-8-18-31-20-10-17-30)27(36)14-6-3-7-22-34-41(38,39)28-16-15-26(40-28)24-33-29(37)25-12-4-2-5-13-25/h2,4-5,12-13,15-16,31-32,34H,3,6-11,14,17-24,30H2,1H3,(H,33,37). The maximum atomic E-state index is 12.6. The Balaban J connectivity index is 1.50. The third-order valence-corrected chi connectivity index (χ3v) is 9.55. The van der Waals surface area contributed by atoms with Gasteiger partial charge in [-0.05, 0) is 95.5 Å². The number of nitrogens with zero attached hydrogens (tertiary/aromatic N) is 1. The quantitative estimate of drug-likeness (QED) is 0.122. The largest absolute Gasteiger partial charge is 0.347 e. The van der Waals surface area contributed by atoms with Crippen molar-refractivity contribution in [3.05, 3.63) is 52.9 Å². The number of thiophene rings is 1. The van der Waals surface area contributed by atoms with Crippen molar-refractivity contribution in [2.45, 2.75) is 62.1 Å². The summed E-state index contributed by atoms with van der Waals surface area (Å²) in [4.78, 5) is 27.1. The van der Waals surface area contributed by atoms with Crippen LogP contribution >= 0.6 is 11.3 Å². The Morgan fingerprint density at radius 2 is 1.49 bits per heavy atom. The van der Waals surface area contributed by atoms with Gasteiger partial charge in [-0.15, -0.1) is 11.3 Å². The minimum atomic E-state index is -3.61. The van der Waals surface area contributed by atoms with Gasteiger partial charge < -0.3 is 26.6 Å². The van der Waals surface area contributed by atoms with Gasteiger partial charge in [-0.25, -0.2) is 13.1 Å². The van der Waals surface area contributed by atoms with Crippen molar-refractivity contribution in [2.75, 3.05) is 52.9 Å². The first-order chi connectivity index (χ1) is 19.8. The Kier molecular flexibility index (Phi) is 17.4. The minimum absolute atomic E-state index is 0.125. The zero-order valence-corrected chi connectivity index (χ0v) is 26.0. The number of nitrogens with one attached hydrogen (secondary N) is 4. The van der Waals surface area contributed by atoms with Crippen LogP contribution in [0.5, 0.6) is 0 Å². The van der Waals surface area contributed by atoms with Gasteiger partial charge in [-0.1, -0.05) is 24.6 Å². The average molecular weight is 609 g/mol. The van der Waals surface area contributed by atoms with Crippen molar-refractivity contribution in [1.29, 1.82) is 0 Å². The number of amides is 2. The van der Waals surface area contributed by atoms with Gasteiger partial charge in [0, 0.05) is 37.0 Å². The molecule has 0 fully saturated rings. The number of rotatable bonds is 23. The van der Waals surface area contributed by atoms with Gasteiger partial charge >= 0.3 is 0 Å². The van der Waals surface area contributed by atoms with Crippen LogP contribution in [0.2, 0.25) is 0 Å². The monoisotopic (exact) mass is 608 g/mol. The van der Waals surface area contributed by atoms with Crippen molar-refractivity contribution in [3.63, 3.8) is 0 Å². The number of benzene rings is 1. The van der Waals surface area contributed by atoms with E-state index in [4.69, 9.17) is 5.73 Å². The molecule has 0 unspecified atom stereocenters. The molecule has 2 amide bonds. The van der Waals surface area contributed by atoms with Crippen LogP contribution in [0.1, 0.15) is 66.6 Å². The molecule has 1 aromatic carbocycles. The Hall–Kier alpha value is -2.35. The van der Waals surface area contributed by atoms with E-state index in [1.165, 1.54) is 0 Å². The molecule has 12 heteroatoms. The summed E-state index contributed by atoms with van der Waals surface area (Å²) in [5.74, 6) is -0.0766. The normalized spacial score (nSPS) is 11.5. The van der Waals surface area contributed by atoms with E-state index in [9.17, 15) is 18.0 Å². The second-order valence-electron chi connectivity index (χ2n) is 10.00. The lowest BCUT2D eigenvalue weighted by Crippen LogP contribution is -2.30. The van der Waals surface area contributed by atoms with Gasteiger partial charge in [0.2, 0.25) is 15.9 Å². The zero-order chi connectivity index (χ0) is 29.8. The number of carbonyl (C=O) groups excluding carboxylic acids is 2. The summed E-state index contributed by atoms with van der Waals surface area (Å²) < 4.78 is 28.1. The summed E-state index contributed by atoms with van der Waals surface area (Å²) in [5.41, 5.74) is 6.03. The van der Waals surface area contributed by atoms with Crippen LogP contribution < -0.4 is 26.4 Å². The van der Waals surface area contributed by atoms with Gasteiger partial charge in [0.25, 0.3) is 5.91 Å². The molecule has 0 aliphatic rings. The van der Waals surface area contributed by atoms with Gasteiger partial charge in [0.1, 0.15) is 4.21 Å². The van der Waals surface area contributed by atoms with E-state index < -0.39 is 10.0 Å². The van der Waals surface area contributed by atoms with Crippen LogP contribution in [0.4, 0.5) is 0 Å². The third kappa shape index (κ3) is 14.9. The second-order valence-corrected chi connectivity index (χ2v) is 13.2. The molecule has 0 aliphatic heterocycles. The minimum Gasteiger partial charge on any atom is -0.347 e. The van der Waals surface area contributed by atoms with Gasteiger partial charge in [0.05, 0.1) is 6.54 Å². The fraction of sp³-hybridized carbons (Fsp3) is 0.586. The maximum Gasteiger partial charge on any atom is 0.251 e. The molecule has 2 aromatic rings. The molecule has 0 saturated heterocycles. The molecule has 230 valence electrons. The van der Waals surface area contributed by atoms with Crippen LogP contribution in [0, 0.1) is 0 Å². The lowest BCUT2D eigenvalue weighted by Gasteiger charge is -2.17. The Bertz CT molecular complexity index is 1110. The first-order valence-electron chi connectivity index (χ1n) is 14.6. The number of nitrogens with two attached hydrogens (primary N) is 1. The predicted octanol–water partition coefficient (Wildman–Crippen LogP) is 2.67. The molecular formula is C29H48N6O4S2. The van der Waals surface area contributed by atoms with Gasteiger partial charge in [-0.3, -0.25) is 9.59 Å². The summed E-state index contributed by atoms with van der Waals surface area (Å²) in [5, 5.41) is 9.62. The highest BCUT2D eigenvalue weighted by atomic mass is 32.2. The van der Waals surface area contributed by atoms with Crippen molar-refractivity contribution < 1.29 is 18.0 Å². The van der Waals surface area contributed by atoms with E-state index in [1.807, 2.05) is 13.1 Å². The SMILES string of the molecule is CN(CCCNCCCCNCCCN)C(=O)CCCCCNS(=O)(=O)c1ccc(CNC(=O)c2ccccc2)s1. The molecule has 0 atom stereocenters. The molecule has 0 saturated carbocycles. The fourth-order valence-corrected chi connectivity index (χ4v) is 6.46. The smallest absolute Gasteiger partial charge is 0.251 e. The van der Waals surface area contributed by atoms with E-state index >= 15 is 0 Å². The van der Waals surface area contributed by atoms with Crippen molar-refractivity contribution in [2.24, 2.45) is 5.73 Å². The van der Waals surface area contributed by atoms with Crippen molar-refractivity contribution in [1.82, 2.24) is 25.6 Å². The highest BCUT2D eigenvalue weighted by Gasteiger charge is 2.17. The lowest BCUT2D eigenvalue weighted by molar-refractivity contribution is -0.130. The van der Waals surface area contributed by atoms with E-state index in [1.54, 1.807) is 41.3 Å². The van der Waals surface area contributed by atoms with Crippen molar-refractivity contribution in [3.8, 4) is 0 Å². The zero-order valence-electron chi connectivity index (χ0n) is 24.3. The Morgan fingerprint density at radius 1 is 0.829 bits per heavy atom. The number of hydrogen-bond donors (Lipinski definition) is 5. The summed E-state index contributed by atoms with van der Waals surface area (Å²) >= 11 is 1.14. The summed E-state index contributed by atoms with van der Waals surface area (Å²) in [6.45, 7) is 5.94.